The summed E-state index contributed by atoms with van der Waals surface area (Å²) in [5.74, 6) is 0.675. The van der Waals surface area contributed by atoms with Gasteiger partial charge in [0, 0.05) is 12.7 Å². The number of likely N-dealkylation sites (N-methyl/N-ethyl adjacent to an activating group) is 1. The third kappa shape index (κ3) is 4.66. The topological polar surface area (TPSA) is 67.6 Å². The van der Waals surface area contributed by atoms with E-state index in [0.29, 0.717) is 6.61 Å². The van der Waals surface area contributed by atoms with Gasteiger partial charge in [-0.1, -0.05) is 20.8 Å². The van der Waals surface area contributed by atoms with E-state index in [9.17, 15) is 4.79 Å². The number of nitrogens with one attached hydrogen (secondary N) is 1. The van der Waals surface area contributed by atoms with Crippen LogP contribution in [-0.4, -0.2) is 32.1 Å². The number of nitrogens with two attached hydrogens (primary N) is 1. The van der Waals surface area contributed by atoms with Crippen LogP contribution in [0.1, 0.15) is 20.8 Å². The highest BCUT2D eigenvalue weighted by Crippen LogP contribution is 2.33. The van der Waals surface area contributed by atoms with Gasteiger partial charge < -0.3 is 20.7 Å². The van der Waals surface area contributed by atoms with Crippen LogP contribution < -0.4 is 20.7 Å². The van der Waals surface area contributed by atoms with Crippen LogP contribution in [0.25, 0.3) is 0 Å². The Hall–Kier alpha value is -1.17. The summed E-state index contributed by atoms with van der Waals surface area (Å²) in [6, 6.07) is 5.09. The predicted molar refractivity (Wildman–Crippen MR) is 95.8 cm³/mol. The first-order chi connectivity index (χ1) is 9.29. The van der Waals surface area contributed by atoms with Crippen molar-refractivity contribution in [1.82, 2.24) is 0 Å². The Balaban J connectivity index is 0.00000220. The molecule has 1 atom stereocenters. The number of benzene rings is 1. The van der Waals surface area contributed by atoms with Crippen molar-refractivity contribution in [3.8, 4) is 5.75 Å². The fraction of sp³-hybridized carbons (Fsp3) is 0.533. The Morgan fingerprint density at radius 3 is 2.59 bits per heavy atom. The number of carbonyl (C=O) groups is 1. The van der Waals surface area contributed by atoms with Crippen molar-refractivity contribution in [1.29, 1.82) is 0 Å². The van der Waals surface area contributed by atoms with Crippen LogP contribution in [0.15, 0.2) is 18.2 Å². The molecular weight excluding hydrogens is 325 g/mol. The van der Waals surface area contributed by atoms with Gasteiger partial charge in [0.2, 0.25) is 5.91 Å². The number of rotatable bonds is 2. The van der Waals surface area contributed by atoms with Crippen molar-refractivity contribution in [3.05, 3.63) is 18.2 Å². The summed E-state index contributed by atoms with van der Waals surface area (Å²) >= 11 is 0. The smallest absolute Gasteiger partial charge is 0.241 e. The van der Waals surface area contributed by atoms with Crippen molar-refractivity contribution in [2.45, 2.75) is 26.8 Å². The lowest BCUT2D eigenvalue weighted by Crippen LogP contribution is -2.45. The van der Waals surface area contributed by atoms with Gasteiger partial charge in [-0.2, -0.15) is 0 Å². The Bertz CT molecular complexity index is 518. The molecular formula is C15H25Cl2N3O2. The third-order valence-corrected chi connectivity index (χ3v) is 3.54. The number of amides is 1. The Morgan fingerprint density at radius 1 is 1.36 bits per heavy atom. The Morgan fingerprint density at radius 2 is 2.00 bits per heavy atom. The molecule has 3 N–H and O–H groups in total. The molecule has 5 nitrogen and oxygen atoms in total. The molecule has 1 aromatic carbocycles. The zero-order valence-corrected chi connectivity index (χ0v) is 15.0. The maximum atomic E-state index is 12.1. The summed E-state index contributed by atoms with van der Waals surface area (Å²) in [6.07, 6.45) is 0. The molecule has 22 heavy (non-hydrogen) atoms. The van der Waals surface area contributed by atoms with Gasteiger partial charge in [-0.3, -0.25) is 4.79 Å². The summed E-state index contributed by atoms with van der Waals surface area (Å²) in [6.45, 7) is 7.37. The average molecular weight is 350 g/mol. The van der Waals surface area contributed by atoms with Crippen LogP contribution in [-0.2, 0) is 4.79 Å². The number of carbonyl (C=O) groups excluding carboxylic acids is 1. The Kier molecular flexibility index (Phi) is 7.48. The van der Waals surface area contributed by atoms with Crippen LogP contribution in [0.5, 0.6) is 5.75 Å². The molecule has 0 saturated heterocycles. The number of anilines is 2. The second-order valence-electron chi connectivity index (χ2n) is 6.29. The maximum Gasteiger partial charge on any atom is 0.241 e. The molecule has 0 bridgehead atoms. The Labute approximate surface area is 144 Å². The number of hydrogen-bond donors (Lipinski definition) is 2. The molecule has 1 amide bonds. The predicted octanol–water partition coefficient (Wildman–Crippen LogP) is 2.67. The minimum absolute atomic E-state index is 0. The minimum Gasteiger partial charge on any atom is -0.490 e. The minimum atomic E-state index is -0.549. The molecule has 2 rings (SSSR count). The van der Waals surface area contributed by atoms with Gasteiger partial charge in [0.25, 0.3) is 0 Å². The number of halogens is 2. The van der Waals surface area contributed by atoms with Crippen molar-refractivity contribution in [2.75, 3.05) is 30.4 Å². The monoisotopic (exact) mass is 349 g/mol. The van der Waals surface area contributed by atoms with Gasteiger partial charge in [0.1, 0.15) is 12.4 Å². The fourth-order valence-corrected chi connectivity index (χ4v) is 2.04. The molecule has 126 valence electrons. The largest absolute Gasteiger partial charge is 0.490 e. The van der Waals surface area contributed by atoms with Crippen molar-refractivity contribution in [2.24, 2.45) is 11.1 Å². The maximum absolute atomic E-state index is 12.1. The van der Waals surface area contributed by atoms with E-state index in [1.807, 2.05) is 46.0 Å². The van der Waals surface area contributed by atoms with Gasteiger partial charge in [-0.15, -0.1) is 24.8 Å². The molecule has 7 heteroatoms. The van der Waals surface area contributed by atoms with E-state index >= 15 is 0 Å². The lowest BCUT2D eigenvalue weighted by Gasteiger charge is -2.29. The zero-order valence-electron chi connectivity index (χ0n) is 13.4. The first-order valence-corrected chi connectivity index (χ1v) is 6.83. The van der Waals surface area contributed by atoms with Gasteiger partial charge in [0.15, 0.2) is 0 Å². The number of fused-ring (bicyclic) bond motifs is 1. The van der Waals surface area contributed by atoms with E-state index in [1.54, 1.807) is 0 Å². The van der Waals surface area contributed by atoms with Crippen molar-refractivity contribution in [3.63, 3.8) is 0 Å². The molecule has 0 fully saturated rings. The van der Waals surface area contributed by atoms with Crippen LogP contribution in [0.3, 0.4) is 0 Å². The van der Waals surface area contributed by atoms with Crippen LogP contribution in [0.2, 0.25) is 0 Å². The first kappa shape index (κ1) is 20.8. The molecule has 0 spiro atoms. The molecule has 1 heterocycles. The van der Waals surface area contributed by atoms with E-state index in [-0.39, 0.29) is 36.1 Å². The standard InChI is InChI=1S/C15H23N3O2.2ClH/c1-15(2,3)13(16)14(19)17-10-5-6-12-11(9-10)18(4)7-8-20-12;;/h5-6,9,13H,7-8,16H2,1-4H3,(H,17,19);2*1H/t13-;;/m1../s1. The van der Waals surface area contributed by atoms with Gasteiger partial charge in [-0.25, -0.2) is 0 Å². The molecule has 0 aliphatic carbocycles. The normalized spacial score (nSPS) is 14.7. The summed E-state index contributed by atoms with van der Waals surface area (Å²) in [7, 11) is 2.01. The van der Waals surface area contributed by atoms with Crippen LogP contribution in [0.4, 0.5) is 11.4 Å². The number of nitrogens with zero attached hydrogens (tertiary/aromatic N) is 1. The highest BCUT2D eigenvalue weighted by atomic mass is 35.5. The second kappa shape index (κ2) is 7.90. The number of hydrogen-bond acceptors (Lipinski definition) is 4. The van der Waals surface area contributed by atoms with E-state index in [4.69, 9.17) is 10.5 Å². The number of ether oxygens (including phenoxy) is 1. The molecule has 0 unspecified atom stereocenters. The summed E-state index contributed by atoms with van der Waals surface area (Å²) in [5.41, 5.74) is 7.42. The lowest BCUT2D eigenvalue weighted by atomic mass is 9.87. The average Bonchev–Trinajstić information content (AvgIpc) is 2.37. The molecule has 0 aromatic heterocycles. The summed E-state index contributed by atoms with van der Waals surface area (Å²) in [4.78, 5) is 14.2. The lowest BCUT2D eigenvalue weighted by molar-refractivity contribution is -0.119. The quantitative estimate of drug-likeness (QED) is 0.861. The molecule has 1 aliphatic rings. The van der Waals surface area contributed by atoms with Crippen molar-refractivity contribution < 1.29 is 9.53 Å². The van der Waals surface area contributed by atoms with E-state index in [2.05, 4.69) is 10.2 Å². The van der Waals surface area contributed by atoms with E-state index in [1.165, 1.54) is 0 Å². The van der Waals surface area contributed by atoms with Gasteiger partial charge in [-0.05, 0) is 23.6 Å². The molecule has 0 radical (unpaired) electrons. The van der Waals surface area contributed by atoms with Crippen LogP contribution >= 0.6 is 24.8 Å². The van der Waals surface area contributed by atoms with Crippen molar-refractivity contribution >= 4 is 42.1 Å². The summed E-state index contributed by atoms with van der Waals surface area (Å²) in [5, 5.41) is 2.87. The first-order valence-electron chi connectivity index (χ1n) is 6.83. The van der Waals surface area contributed by atoms with Gasteiger partial charge >= 0.3 is 0 Å². The van der Waals surface area contributed by atoms with E-state index < -0.39 is 6.04 Å². The zero-order chi connectivity index (χ0) is 14.9. The fourth-order valence-electron chi connectivity index (χ4n) is 2.04. The van der Waals surface area contributed by atoms with E-state index in [0.717, 1.165) is 23.7 Å². The highest BCUT2D eigenvalue weighted by Gasteiger charge is 2.27. The third-order valence-electron chi connectivity index (χ3n) is 3.54. The van der Waals surface area contributed by atoms with Gasteiger partial charge in [0.05, 0.1) is 18.3 Å². The molecule has 0 saturated carbocycles. The molecule has 1 aliphatic heterocycles. The summed E-state index contributed by atoms with van der Waals surface area (Å²) < 4.78 is 5.58. The second-order valence-corrected chi connectivity index (χ2v) is 6.29. The SMILES string of the molecule is CN1CCOc2ccc(NC(=O)[C@@H](N)C(C)(C)C)cc21.Cl.Cl. The molecule has 1 aromatic rings. The van der Waals surface area contributed by atoms with Crippen LogP contribution in [0, 0.1) is 5.41 Å². The highest BCUT2D eigenvalue weighted by molar-refractivity contribution is 5.95.